The van der Waals surface area contributed by atoms with Gasteiger partial charge in [0.2, 0.25) is 5.91 Å². The minimum Gasteiger partial charge on any atom is -0.273 e. The molecule has 3 atom stereocenters. The number of amides is 2. The molecule has 150 valence electrons. The van der Waals surface area contributed by atoms with Gasteiger partial charge < -0.3 is 0 Å². The Morgan fingerprint density at radius 2 is 1.47 bits per heavy atom. The monoisotopic (exact) mass is 418 g/mol. The SMILES string of the molecule is Cc1ccc(N2C(=O)[C@H]3[C@@H](c4ccc(Cl)cc4)N(c4ccccc4)O[C@H]3C2=O)cc1. The van der Waals surface area contributed by atoms with Gasteiger partial charge in [0.1, 0.15) is 5.92 Å². The quantitative estimate of drug-likeness (QED) is 0.578. The predicted octanol–water partition coefficient (Wildman–Crippen LogP) is 4.70. The molecule has 2 aliphatic rings. The number of benzene rings is 3. The third-order valence-corrected chi connectivity index (χ3v) is 5.88. The van der Waals surface area contributed by atoms with Crippen molar-refractivity contribution in [2.45, 2.75) is 19.1 Å². The lowest BCUT2D eigenvalue weighted by molar-refractivity contribution is -0.126. The smallest absolute Gasteiger partial charge is 0.266 e. The third-order valence-electron chi connectivity index (χ3n) is 5.63. The Kier molecular flexibility index (Phi) is 4.57. The molecule has 2 amide bonds. The first-order chi connectivity index (χ1) is 14.5. The number of hydroxylamine groups is 1. The first-order valence-electron chi connectivity index (χ1n) is 9.75. The van der Waals surface area contributed by atoms with Crippen molar-refractivity contribution in [3.05, 3.63) is 95.0 Å². The number of fused-ring (bicyclic) bond motifs is 1. The summed E-state index contributed by atoms with van der Waals surface area (Å²) in [5, 5.41) is 2.29. The summed E-state index contributed by atoms with van der Waals surface area (Å²) in [6.45, 7) is 1.96. The molecule has 0 saturated carbocycles. The van der Waals surface area contributed by atoms with E-state index < -0.39 is 18.1 Å². The fraction of sp³-hybridized carbons (Fsp3) is 0.167. The van der Waals surface area contributed by atoms with Crippen molar-refractivity contribution >= 4 is 34.8 Å². The molecule has 3 aromatic rings. The average Bonchev–Trinajstić information content (AvgIpc) is 3.27. The number of halogens is 1. The molecule has 0 spiro atoms. The summed E-state index contributed by atoms with van der Waals surface area (Å²) in [7, 11) is 0. The van der Waals surface area contributed by atoms with Gasteiger partial charge in [0.25, 0.3) is 5.91 Å². The van der Waals surface area contributed by atoms with Crippen LogP contribution in [-0.4, -0.2) is 17.9 Å². The molecule has 2 fully saturated rings. The van der Waals surface area contributed by atoms with Gasteiger partial charge in [-0.15, -0.1) is 0 Å². The van der Waals surface area contributed by atoms with Gasteiger partial charge in [-0.05, 0) is 48.9 Å². The summed E-state index contributed by atoms with van der Waals surface area (Å²) in [6.07, 6.45) is -0.875. The molecule has 6 heteroatoms. The van der Waals surface area contributed by atoms with Crippen LogP contribution in [0.1, 0.15) is 17.2 Å². The van der Waals surface area contributed by atoms with E-state index in [1.165, 1.54) is 4.90 Å². The highest BCUT2D eigenvalue weighted by Gasteiger charge is 2.60. The van der Waals surface area contributed by atoms with Crippen molar-refractivity contribution < 1.29 is 14.4 Å². The van der Waals surface area contributed by atoms with Gasteiger partial charge in [-0.2, -0.15) is 0 Å². The molecule has 0 radical (unpaired) electrons. The molecule has 0 N–H and O–H groups in total. The standard InChI is InChI=1S/C24H19ClN2O3/c1-15-7-13-18(14-8-15)26-23(28)20-21(16-9-11-17(25)12-10-16)27(30-22(20)24(26)29)19-5-3-2-4-6-19/h2-14,20-22H,1H3/t20-,21+,22+/m0/s1. The molecule has 2 heterocycles. The van der Waals surface area contributed by atoms with Crippen molar-refractivity contribution in [1.29, 1.82) is 0 Å². The van der Waals surface area contributed by atoms with Crippen LogP contribution in [0, 0.1) is 12.8 Å². The number of anilines is 2. The molecule has 3 aromatic carbocycles. The molecule has 0 bridgehead atoms. The second-order valence-corrected chi connectivity index (χ2v) is 7.99. The lowest BCUT2D eigenvalue weighted by Crippen LogP contribution is -2.37. The first-order valence-corrected chi connectivity index (χ1v) is 10.1. The Balaban J connectivity index is 1.58. The topological polar surface area (TPSA) is 49.9 Å². The maximum absolute atomic E-state index is 13.5. The van der Waals surface area contributed by atoms with Gasteiger partial charge >= 0.3 is 0 Å². The van der Waals surface area contributed by atoms with Gasteiger partial charge in [0.15, 0.2) is 6.10 Å². The van der Waals surface area contributed by atoms with E-state index in [0.717, 1.165) is 16.8 Å². The lowest BCUT2D eigenvalue weighted by atomic mass is 9.90. The van der Waals surface area contributed by atoms with Crippen molar-refractivity contribution in [2.24, 2.45) is 5.92 Å². The number of para-hydroxylation sites is 1. The molecular weight excluding hydrogens is 400 g/mol. The Hall–Kier alpha value is -3.15. The minimum atomic E-state index is -0.875. The van der Waals surface area contributed by atoms with Gasteiger partial charge in [0, 0.05) is 5.02 Å². The summed E-state index contributed by atoms with van der Waals surface area (Å²) in [5.74, 6) is -1.25. The summed E-state index contributed by atoms with van der Waals surface area (Å²) in [4.78, 5) is 34.1. The molecule has 30 heavy (non-hydrogen) atoms. The number of imide groups is 1. The number of hydrogen-bond acceptors (Lipinski definition) is 4. The number of nitrogens with zero attached hydrogens (tertiary/aromatic N) is 2. The van der Waals surface area contributed by atoms with Crippen LogP contribution in [0.2, 0.25) is 5.02 Å². The van der Waals surface area contributed by atoms with Gasteiger partial charge in [0.05, 0.1) is 17.4 Å². The second-order valence-electron chi connectivity index (χ2n) is 7.56. The van der Waals surface area contributed by atoms with Crippen LogP contribution in [0.3, 0.4) is 0 Å². The summed E-state index contributed by atoms with van der Waals surface area (Å²) in [6, 6.07) is 23.7. The highest BCUT2D eigenvalue weighted by molar-refractivity contribution is 6.30. The molecule has 0 aromatic heterocycles. The Labute approximate surface area is 179 Å². The zero-order valence-electron chi connectivity index (χ0n) is 16.2. The van der Waals surface area contributed by atoms with E-state index in [1.807, 2.05) is 61.5 Å². The van der Waals surface area contributed by atoms with Crippen molar-refractivity contribution in [3.63, 3.8) is 0 Å². The van der Waals surface area contributed by atoms with E-state index in [0.29, 0.717) is 10.7 Å². The third kappa shape index (κ3) is 2.98. The highest BCUT2D eigenvalue weighted by atomic mass is 35.5. The molecule has 0 unspecified atom stereocenters. The lowest BCUT2D eigenvalue weighted by Gasteiger charge is -2.28. The van der Waals surface area contributed by atoms with E-state index in [1.54, 1.807) is 29.3 Å². The van der Waals surface area contributed by atoms with Gasteiger partial charge in [-0.25, -0.2) is 9.96 Å². The fourth-order valence-electron chi connectivity index (χ4n) is 4.16. The zero-order chi connectivity index (χ0) is 20.8. The van der Waals surface area contributed by atoms with E-state index >= 15 is 0 Å². The van der Waals surface area contributed by atoms with Crippen molar-refractivity contribution in [1.82, 2.24) is 0 Å². The Morgan fingerprint density at radius 1 is 0.800 bits per heavy atom. The van der Waals surface area contributed by atoms with Crippen LogP contribution in [0.25, 0.3) is 0 Å². The summed E-state index contributed by atoms with van der Waals surface area (Å²) >= 11 is 6.08. The Bertz CT molecular complexity index is 1100. The maximum Gasteiger partial charge on any atom is 0.266 e. The number of hydrogen-bond donors (Lipinski definition) is 0. The zero-order valence-corrected chi connectivity index (χ0v) is 17.0. The van der Waals surface area contributed by atoms with E-state index in [2.05, 4.69) is 0 Å². The van der Waals surface area contributed by atoms with Gasteiger partial charge in [-0.3, -0.25) is 14.4 Å². The average molecular weight is 419 g/mol. The molecule has 5 rings (SSSR count). The largest absolute Gasteiger partial charge is 0.273 e. The minimum absolute atomic E-state index is 0.257. The fourth-order valence-corrected chi connectivity index (χ4v) is 4.29. The first kappa shape index (κ1) is 18.9. The van der Waals surface area contributed by atoms with E-state index in [-0.39, 0.29) is 11.8 Å². The van der Waals surface area contributed by atoms with Crippen LogP contribution in [0.4, 0.5) is 11.4 Å². The number of aryl methyl sites for hydroxylation is 1. The van der Waals surface area contributed by atoms with Gasteiger partial charge in [-0.1, -0.05) is 59.6 Å². The molecule has 5 nitrogen and oxygen atoms in total. The molecule has 2 saturated heterocycles. The van der Waals surface area contributed by atoms with E-state index in [4.69, 9.17) is 16.4 Å². The molecular formula is C24H19ClN2O3. The number of carbonyl (C=O) groups is 2. The summed E-state index contributed by atoms with van der Waals surface area (Å²) < 4.78 is 0. The number of carbonyl (C=O) groups excluding carboxylic acids is 2. The summed E-state index contributed by atoms with van der Waals surface area (Å²) in [5.41, 5.74) is 3.27. The van der Waals surface area contributed by atoms with Crippen LogP contribution < -0.4 is 9.96 Å². The van der Waals surface area contributed by atoms with Crippen LogP contribution in [0.15, 0.2) is 78.9 Å². The Morgan fingerprint density at radius 3 is 2.13 bits per heavy atom. The normalized spacial score (nSPS) is 23.2. The van der Waals surface area contributed by atoms with Crippen molar-refractivity contribution in [2.75, 3.05) is 9.96 Å². The number of rotatable bonds is 3. The molecule has 2 aliphatic heterocycles. The van der Waals surface area contributed by atoms with Crippen LogP contribution in [-0.2, 0) is 14.4 Å². The van der Waals surface area contributed by atoms with Crippen LogP contribution in [0.5, 0.6) is 0 Å². The predicted molar refractivity (Wildman–Crippen MR) is 115 cm³/mol. The van der Waals surface area contributed by atoms with Crippen LogP contribution >= 0.6 is 11.6 Å². The highest BCUT2D eigenvalue weighted by Crippen LogP contribution is 2.47. The maximum atomic E-state index is 13.5. The van der Waals surface area contributed by atoms with E-state index in [9.17, 15) is 9.59 Å². The second kappa shape index (κ2) is 7.27. The molecule has 0 aliphatic carbocycles. The van der Waals surface area contributed by atoms with Crippen molar-refractivity contribution in [3.8, 4) is 0 Å².